The molecule has 0 saturated carbocycles. The maximum absolute atomic E-state index is 3.51. The SMILES string of the molecule is Cc1[nH]c2ccccc2c1Cc1c(C)n(C)c2ccccc12. The number of rotatable bonds is 2. The van der Waals surface area contributed by atoms with Gasteiger partial charge < -0.3 is 9.55 Å². The maximum Gasteiger partial charge on any atom is 0.0482 e. The highest BCUT2D eigenvalue weighted by molar-refractivity contribution is 5.89. The quantitative estimate of drug-likeness (QED) is 0.543. The highest BCUT2D eigenvalue weighted by Crippen LogP contribution is 2.30. The van der Waals surface area contributed by atoms with Crippen LogP contribution in [0.1, 0.15) is 22.5 Å². The van der Waals surface area contributed by atoms with Crippen molar-refractivity contribution in [1.29, 1.82) is 0 Å². The van der Waals surface area contributed by atoms with Crippen LogP contribution in [0.3, 0.4) is 0 Å². The first kappa shape index (κ1) is 13.2. The molecule has 2 aromatic heterocycles. The molecule has 2 heterocycles. The summed E-state index contributed by atoms with van der Waals surface area (Å²) in [5.41, 5.74) is 8.01. The van der Waals surface area contributed by atoms with Gasteiger partial charge in [-0.3, -0.25) is 0 Å². The van der Waals surface area contributed by atoms with Crippen LogP contribution in [0, 0.1) is 13.8 Å². The summed E-state index contributed by atoms with van der Waals surface area (Å²) in [6.45, 7) is 4.40. The van der Waals surface area contributed by atoms with E-state index in [0.717, 1.165) is 6.42 Å². The number of H-pyrrole nitrogens is 1. The van der Waals surface area contributed by atoms with Crippen molar-refractivity contribution in [2.45, 2.75) is 20.3 Å². The Kier molecular flexibility index (Phi) is 2.86. The van der Waals surface area contributed by atoms with E-state index < -0.39 is 0 Å². The van der Waals surface area contributed by atoms with Gasteiger partial charge in [0, 0.05) is 46.7 Å². The molecular weight excluding hydrogens is 268 g/mol. The third-order valence-electron chi connectivity index (χ3n) is 4.91. The molecule has 0 fully saturated rings. The zero-order valence-electron chi connectivity index (χ0n) is 13.3. The van der Waals surface area contributed by atoms with Crippen LogP contribution in [-0.4, -0.2) is 9.55 Å². The third-order valence-corrected chi connectivity index (χ3v) is 4.91. The summed E-state index contributed by atoms with van der Waals surface area (Å²) in [6.07, 6.45) is 0.975. The molecule has 0 saturated heterocycles. The van der Waals surface area contributed by atoms with Crippen LogP contribution in [0.2, 0.25) is 0 Å². The number of aromatic amines is 1. The molecule has 0 radical (unpaired) electrons. The predicted octanol–water partition coefficient (Wildman–Crippen LogP) is 4.87. The lowest BCUT2D eigenvalue weighted by atomic mass is 9.99. The highest BCUT2D eigenvalue weighted by atomic mass is 14.9. The van der Waals surface area contributed by atoms with E-state index in [4.69, 9.17) is 0 Å². The van der Waals surface area contributed by atoms with Gasteiger partial charge >= 0.3 is 0 Å². The lowest BCUT2D eigenvalue weighted by Crippen LogP contribution is -1.94. The first-order valence-electron chi connectivity index (χ1n) is 7.76. The average molecular weight is 288 g/mol. The van der Waals surface area contributed by atoms with E-state index >= 15 is 0 Å². The molecule has 2 heteroatoms. The molecule has 22 heavy (non-hydrogen) atoms. The molecule has 0 bridgehead atoms. The van der Waals surface area contributed by atoms with E-state index in [1.165, 1.54) is 44.3 Å². The fraction of sp³-hybridized carbons (Fsp3) is 0.200. The number of nitrogens with zero attached hydrogens (tertiary/aromatic N) is 1. The summed E-state index contributed by atoms with van der Waals surface area (Å²) >= 11 is 0. The second-order valence-corrected chi connectivity index (χ2v) is 6.09. The fourth-order valence-corrected chi connectivity index (χ4v) is 3.56. The molecule has 0 spiro atoms. The van der Waals surface area contributed by atoms with Crippen molar-refractivity contribution in [2.24, 2.45) is 7.05 Å². The van der Waals surface area contributed by atoms with Crippen molar-refractivity contribution in [2.75, 3.05) is 0 Å². The summed E-state index contributed by atoms with van der Waals surface area (Å²) in [5.74, 6) is 0. The number of benzene rings is 2. The van der Waals surface area contributed by atoms with Gasteiger partial charge in [-0.25, -0.2) is 0 Å². The molecule has 110 valence electrons. The number of para-hydroxylation sites is 2. The first-order valence-corrected chi connectivity index (χ1v) is 7.76. The number of aromatic nitrogens is 2. The van der Waals surface area contributed by atoms with Crippen molar-refractivity contribution >= 4 is 21.8 Å². The van der Waals surface area contributed by atoms with Gasteiger partial charge in [0.15, 0.2) is 0 Å². The Labute approximate surface area is 130 Å². The molecule has 4 aromatic rings. The Morgan fingerprint density at radius 2 is 1.55 bits per heavy atom. The van der Waals surface area contributed by atoms with E-state index in [0.29, 0.717) is 0 Å². The normalized spacial score (nSPS) is 11.6. The molecule has 2 aromatic carbocycles. The Bertz CT molecular complexity index is 986. The third kappa shape index (κ3) is 1.80. The van der Waals surface area contributed by atoms with Gasteiger partial charge in [-0.05, 0) is 37.1 Å². The Morgan fingerprint density at radius 1 is 0.864 bits per heavy atom. The van der Waals surface area contributed by atoms with E-state index in [9.17, 15) is 0 Å². The van der Waals surface area contributed by atoms with Crippen LogP contribution >= 0.6 is 0 Å². The van der Waals surface area contributed by atoms with E-state index in [1.54, 1.807) is 0 Å². The van der Waals surface area contributed by atoms with E-state index in [2.05, 4.69) is 79.0 Å². The Balaban J connectivity index is 1.94. The topological polar surface area (TPSA) is 20.7 Å². The smallest absolute Gasteiger partial charge is 0.0482 e. The molecule has 4 rings (SSSR count). The fourth-order valence-electron chi connectivity index (χ4n) is 3.56. The average Bonchev–Trinajstić information content (AvgIpc) is 2.98. The zero-order chi connectivity index (χ0) is 15.3. The van der Waals surface area contributed by atoms with Crippen LogP contribution < -0.4 is 0 Å². The Morgan fingerprint density at radius 3 is 2.36 bits per heavy atom. The highest BCUT2D eigenvalue weighted by Gasteiger charge is 2.15. The van der Waals surface area contributed by atoms with Gasteiger partial charge in [-0.15, -0.1) is 0 Å². The monoisotopic (exact) mass is 288 g/mol. The minimum atomic E-state index is 0.975. The number of hydrogen-bond acceptors (Lipinski definition) is 0. The van der Waals surface area contributed by atoms with Gasteiger partial charge in [-0.2, -0.15) is 0 Å². The van der Waals surface area contributed by atoms with Gasteiger partial charge in [0.2, 0.25) is 0 Å². The lowest BCUT2D eigenvalue weighted by molar-refractivity contribution is 0.903. The summed E-state index contributed by atoms with van der Waals surface area (Å²) in [5, 5.41) is 2.71. The van der Waals surface area contributed by atoms with Crippen molar-refractivity contribution in [3.8, 4) is 0 Å². The maximum atomic E-state index is 3.51. The minimum absolute atomic E-state index is 0.975. The van der Waals surface area contributed by atoms with Crippen molar-refractivity contribution < 1.29 is 0 Å². The molecule has 0 atom stereocenters. The summed E-state index contributed by atoms with van der Waals surface area (Å²) in [7, 11) is 2.16. The van der Waals surface area contributed by atoms with Crippen LogP contribution in [0.25, 0.3) is 21.8 Å². The lowest BCUT2D eigenvalue weighted by Gasteiger charge is -2.04. The number of nitrogens with one attached hydrogen (secondary N) is 1. The molecule has 0 aliphatic heterocycles. The van der Waals surface area contributed by atoms with Crippen molar-refractivity contribution in [3.05, 3.63) is 71.0 Å². The zero-order valence-corrected chi connectivity index (χ0v) is 13.3. The molecule has 0 aliphatic rings. The first-order chi connectivity index (χ1) is 10.7. The number of hydrogen-bond donors (Lipinski definition) is 1. The summed E-state index contributed by atoms with van der Waals surface area (Å²) in [4.78, 5) is 3.51. The predicted molar refractivity (Wildman–Crippen MR) is 93.5 cm³/mol. The molecule has 0 amide bonds. The number of aryl methyl sites for hydroxylation is 2. The molecule has 0 aliphatic carbocycles. The second-order valence-electron chi connectivity index (χ2n) is 6.09. The summed E-state index contributed by atoms with van der Waals surface area (Å²) in [6, 6.07) is 17.3. The van der Waals surface area contributed by atoms with E-state index in [1.807, 2.05) is 0 Å². The Hall–Kier alpha value is -2.48. The van der Waals surface area contributed by atoms with Gasteiger partial charge in [0.25, 0.3) is 0 Å². The molecule has 2 nitrogen and oxygen atoms in total. The molecular formula is C20H20N2. The number of fused-ring (bicyclic) bond motifs is 2. The van der Waals surface area contributed by atoms with Gasteiger partial charge in [0.05, 0.1) is 0 Å². The summed E-state index contributed by atoms with van der Waals surface area (Å²) < 4.78 is 2.30. The second kappa shape index (κ2) is 4.77. The van der Waals surface area contributed by atoms with Crippen LogP contribution in [0.15, 0.2) is 48.5 Å². The molecule has 1 N–H and O–H groups in total. The van der Waals surface area contributed by atoms with Crippen LogP contribution in [-0.2, 0) is 13.5 Å². The minimum Gasteiger partial charge on any atom is -0.358 e. The van der Waals surface area contributed by atoms with Gasteiger partial charge in [0.1, 0.15) is 0 Å². The van der Waals surface area contributed by atoms with Crippen LogP contribution in [0.5, 0.6) is 0 Å². The standard InChI is InChI=1S/C20H20N2/c1-13-17(15-8-4-6-10-19(15)21-13)12-18-14(2)22(3)20-11-7-5-9-16(18)20/h4-11,21H,12H2,1-3H3. The van der Waals surface area contributed by atoms with Gasteiger partial charge in [-0.1, -0.05) is 36.4 Å². The van der Waals surface area contributed by atoms with Crippen LogP contribution in [0.4, 0.5) is 0 Å². The van der Waals surface area contributed by atoms with Crippen molar-refractivity contribution in [1.82, 2.24) is 9.55 Å². The molecule has 0 unspecified atom stereocenters. The van der Waals surface area contributed by atoms with Crippen molar-refractivity contribution in [3.63, 3.8) is 0 Å². The van der Waals surface area contributed by atoms with E-state index in [-0.39, 0.29) is 0 Å². The largest absolute Gasteiger partial charge is 0.358 e.